The molecule has 4 heteroatoms. The molecule has 1 saturated heterocycles. The first-order valence-electron chi connectivity index (χ1n) is 11.5. The SMILES string of the molecule is C=Cc1cc(NC(=O)CC2CCCC2)ccc1C(=O)N1CC[C@H]2CCCCC2C1. The van der Waals surface area contributed by atoms with E-state index in [1.807, 2.05) is 23.1 Å². The van der Waals surface area contributed by atoms with Crippen LogP contribution < -0.4 is 5.32 Å². The number of hydrogen-bond acceptors (Lipinski definition) is 2. The van der Waals surface area contributed by atoms with Gasteiger partial charge in [-0.1, -0.05) is 44.8 Å². The Labute approximate surface area is 174 Å². The fourth-order valence-electron chi connectivity index (χ4n) is 5.65. The minimum absolute atomic E-state index is 0.0744. The summed E-state index contributed by atoms with van der Waals surface area (Å²) in [6.07, 6.45) is 13.5. The summed E-state index contributed by atoms with van der Waals surface area (Å²) in [5, 5.41) is 3.01. The lowest BCUT2D eigenvalue weighted by Crippen LogP contribution is -2.44. The fourth-order valence-corrected chi connectivity index (χ4v) is 5.65. The minimum atomic E-state index is 0.0744. The van der Waals surface area contributed by atoms with Crippen LogP contribution in [0.5, 0.6) is 0 Å². The molecule has 29 heavy (non-hydrogen) atoms. The van der Waals surface area contributed by atoms with Crippen LogP contribution in [0.2, 0.25) is 0 Å². The molecule has 3 fully saturated rings. The molecule has 2 atom stereocenters. The standard InChI is InChI=1S/C25H34N2O2/c1-2-19-16-22(26-24(28)15-18-7-3-4-8-18)11-12-23(19)25(29)27-14-13-20-9-5-6-10-21(20)17-27/h2,11-12,16,18,20-21H,1,3-10,13-15,17H2,(H,26,28)/t20-,21?/m1/s1. The second kappa shape index (κ2) is 9.15. The first kappa shape index (κ1) is 20.2. The number of anilines is 1. The summed E-state index contributed by atoms with van der Waals surface area (Å²) in [6.45, 7) is 5.65. The maximum absolute atomic E-state index is 13.2. The monoisotopic (exact) mass is 394 g/mol. The quantitative estimate of drug-likeness (QED) is 0.717. The van der Waals surface area contributed by atoms with Gasteiger partial charge in [0.1, 0.15) is 0 Å². The van der Waals surface area contributed by atoms with Crippen molar-refractivity contribution in [3.63, 3.8) is 0 Å². The van der Waals surface area contributed by atoms with E-state index >= 15 is 0 Å². The number of benzene rings is 1. The first-order chi connectivity index (χ1) is 14.1. The molecule has 1 unspecified atom stereocenters. The number of rotatable bonds is 5. The molecule has 1 heterocycles. The van der Waals surface area contributed by atoms with E-state index in [1.165, 1.54) is 38.5 Å². The van der Waals surface area contributed by atoms with E-state index in [2.05, 4.69) is 11.9 Å². The van der Waals surface area contributed by atoms with Crippen molar-refractivity contribution in [2.45, 2.75) is 64.2 Å². The molecule has 2 amide bonds. The minimum Gasteiger partial charge on any atom is -0.338 e. The van der Waals surface area contributed by atoms with Gasteiger partial charge in [-0.3, -0.25) is 9.59 Å². The van der Waals surface area contributed by atoms with E-state index in [-0.39, 0.29) is 11.8 Å². The molecule has 2 aliphatic carbocycles. The van der Waals surface area contributed by atoms with Crippen LogP contribution in [0.25, 0.3) is 6.08 Å². The van der Waals surface area contributed by atoms with E-state index in [1.54, 1.807) is 6.08 Å². The summed E-state index contributed by atoms with van der Waals surface area (Å²) >= 11 is 0. The third-order valence-corrected chi connectivity index (χ3v) is 7.31. The van der Waals surface area contributed by atoms with Crippen LogP contribution in [0.4, 0.5) is 5.69 Å². The molecule has 1 aliphatic heterocycles. The molecular formula is C25H34N2O2. The van der Waals surface area contributed by atoms with Gasteiger partial charge in [-0.2, -0.15) is 0 Å². The molecule has 4 nitrogen and oxygen atoms in total. The van der Waals surface area contributed by atoms with Crippen molar-refractivity contribution < 1.29 is 9.59 Å². The topological polar surface area (TPSA) is 49.4 Å². The van der Waals surface area contributed by atoms with Crippen molar-refractivity contribution in [3.05, 3.63) is 35.9 Å². The van der Waals surface area contributed by atoms with E-state index < -0.39 is 0 Å². The van der Waals surface area contributed by atoms with Gasteiger partial charge in [0, 0.05) is 30.8 Å². The summed E-state index contributed by atoms with van der Waals surface area (Å²) in [5.41, 5.74) is 2.26. The van der Waals surface area contributed by atoms with Gasteiger partial charge in [0.05, 0.1) is 0 Å². The lowest BCUT2D eigenvalue weighted by Gasteiger charge is -2.41. The van der Waals surface area contributed by atoms with Crippen LogP contribution in [0.1, 0.15) is 80.1 Å². The number of carbonyl (C=O) groups is 2. The molecule has 1 N–H and O–H groups in total. The summed E-state index contributed by atoms with van der Waals surface area (Å²) in [4.78, 5) is 27.6. The van der Waals surface area contributed by atoms with Crippen molar-refractivity contribution in [1.82, 2.24) is 4.90 Å². The number of carbonyl (C=O) groups excluding carboxylic acids is 2. The molecule has 0 bridgehead atoms. The Kier molecular flexibility index (Phi) is 6.37. The predicted octanol–water partition coefficient (Wildman–Crippen LogP) is 5.50. The van der Waals surface area contributed by atoms with Crippen molar-refractivity contribution in [2.75, 3.05) is 18.4 Å². The smallest absolute Gasteiger partial charge is 0.254 e. The Hall–Kier alpha value is -2.10. The molecule has 4 rings (SSSR count). The van der Waals surface area contributed by atoms with Crippen LogP contribution in [-0.4, -0.2) is 29.8 Å². The van der Waals surface area contributed by atoms with Gasteiger partial charge in [-0.25, -0.2) is 0 Å². The lowest BCUT2D eigenvalue weighted by molar-refractivity contribution is -0.117. The molecule has 1 aromatic rings. The Bertz CT molecular complexity index is 766. The van der Waals surface area contributed by atoms with E-state index in [9.17, 15) is 9.59 Å². The Morgan fingerprint density at radius 2 is 1.76 bits per heavy atom. The zero-order chi connectivity index (χ0) is 20.2. The number of fused-ring (bicyclic) bond motifs is 1. The van der Waals surface area contributed by atoms with Crippen LogP contribution in [0.3, 0.4) is 0 Å². The molecule has 0 radical (unpaired) electrons. The number of hydrogen-bond donors (Lipinski definition) is 1. The van der Waals surface area contributed by atoms with Gasteiger partial charge in [0.25, 0.3) is 5.91 Å². The summed E-state index contributed by atoms with van der Waals surface area (Å²) in [7, 11) is 0. The fraction of sp³-hybridized carbons (Fsp3) is 0.600. The van der Waals surface area contributed by atoms with Gasteiger partial charge in [0.15, 0.2) is 0 Å². The van der Waals surface area contributed by atoms with Crippen molar-refractivity contribution in [3.8, 4) is 0 Å². The highest BCUT2D eigenvalue weighted by Crippen LogP contribution is 2.36. The highest BCUT2D eigenvalue weighted by Gasteiger charge is 2.33. The molecule has 2 saturated carbocycles. The van der Waals surface area contributed by atoms with Crippen LogP contribution in [0, 0.1) is 17.8 Å². The molecule has 0 aromatic heterocycles. The molecule has 0 spiro atoms. The second-order valence-corrected chi connectivity index (χ2v) is 9.25. The lowest BCUT2D eigenvalue weighted by atomic mass is 9.75. The largest absolute Gasteiger partial charge is 0.338 e. The van der Waals surface area contributed by atoms with E-state index in [0.717, 1.165) is 49.5 Å². The predicted molar refractivity (Wildman–Crippen MR) is 118 cm³/mol. The number of nitrogens with zero attached hydrogens (tertiary/aromatic N) is 1. The summed E-state index contributed by atoms with van der Waals surface area (Å²) in [5.74, 6) is 2.18. The number of likely N-dealkylation sites (tertiary alicyclic amines) is 1. The average Bonchev–Trinajstić information content (AvgIpc) is 3.25. The Balaban J connectivity index is 1.41. The van der Waals surface area contributed by atoms with Gasteiger partial charge < -0.3 is 10.2 Å². The highest BCUT2D eigenvalue weighted by molar-refractivity contribution is 5.99. The van der Waals surface area contributed by atoms with Crippen molar-refractivity contribution in [2.24, 2.45) is 17.8 Å². The van der Waals surface area contributed by atoms with Crippen molar-refractivity contribution in [1.29, 1.82) is 0 Å². The molecular weight excluding hydrogens is 360 g/mol. The van der Waals surface area contributed by atoms with Crippen LogP contribution >= 0.6 is 0 Å². The van der Waals surface area contributed by atoms with Gasteiger partial charge >= 0.3 is 0 Å². The molecule has 156 valence electrons. The number of amides is 2. The number of nitrogens with one attached hydrogen (secondary N) is 1. The van der Waals surface area contributed by atoms with Crippen LogP contribution in [-0.2, 0) is 4.79 Å². The first-order valence-corrected chi connectivity index (χ1v) is 11.5. The maximum atomic E-state index is 13.2. The molecule has 1 aromatic carbocycles. The normalized spacial score (nSPS) is 24.8. The van der Waals surface area contributed by atoms with Crippen molar-refractivity contribution >= 4 is 23.6 Å². The summed E-state index contributed by atoms with van der Waals surface area (Å²) < 4.78 is 0. The Morgan fingerprint density at radius 3 is 2.52 bits per heavy atom. The number of piperidine rings is 1. The zero-order valence-electron chi connectivity index (χ0n) is 17.5. The second-order valence-electron chi connectivity index (χ2n) is 9.25. The maximum Gasteiger partial charge on any atom is 0.254 e. The van der Waals surface area contributed by atoms with Gasteiger partial charge in [0.2, 0.25) is 5.91 Å². The third-order valence-electron chi connectivity index (χ3n) is 7.31. The van der Waals surface area contributed by atoms with E-state index in [4.69, 9.17) is 0 Å². The van der Waals surface area contributed by atoms with Crippen LogP contribution in [0.15, 0.2) is 24.8 Å². The zero-order valence-corrected chi connectivity index (χ0v) is 17.5. The van der Waals surface area contributed by atoms with Gasteiger partial charge in [-0.15, -0.1) is 0 Å². The third kappa shape index (κ3) is 4.73. The summed E-state index contributed by atoms with van der Waals surface area (Å²) in [6, 6.07) is 5.61. The Morgan fingerprint density at radius 1 is 1.03 bits per heavy atom. The van der Waals surface area contributed by atoms with E-state index in [0.29, 0.717) is 23.8 Å². The highest BCUT2D eigenvalue weighted by atomic mass is 16.2. The average molecular weight is 395 g/mol. The molecule has 3 aliphatic rings. The van der Waals surface area contributed by atoms with Gasteiger partial charge in [-0.05, 0) is 67.2 Å².